The van der Waals surface area contributed by atoms with Crippen molar-refractivity contribution in [3.63, 3.8) is 0 Å². The molecule has 0 fully saturated rings. The summed E-state index contributed by atoms with van der Waals surface area (Å²) in [6.45, 7) is 0. The Hall–Kier alpha value is -1.59. The molecule has 1 aromatic carbocycles. The molecule has 2 nitrogen and oxygen atoms in total. The minimum Gasteiger partial charge on any atom is -0.360 e. The van der Waals surface area contributed by atoms with E-state index in [4.69, 9.17) is 0 Å². The number of carbonyl (C=O) groups is 1. The van der Waals surface area contributed by atoms with Gasteiger partial charge in [0.15, 0.2) is 0 Å². The first kappa shape index (κ1) is 13.1. The highest BCUT2D eigenvalue weighted by molar-refractivity contribution is 7.98. The normalized spacial score (nSPS) is 14.3. The van der Waals surface area contributed by atoms with Crippen LogP contribution in [0.4, 0.5) is 4.39 Å². The summed E-state index contributed by atoms with van der Waals surface area (Å²) in [4.78, 5) is 17.8. The SMILES string of the molecule is O=C(c1cc2c(s1)CCSC2)c1c[nH]c2cc(F)ccc12. The van der Waals surface area contributed by atoms with Gasteiger partial charge in [0, 0.05) is 33.3 Å². The quantitative estimate of drug-likeness (QED) is 0.711. The predicted octanol–water partition coefficient (Wildman–Crippen LogP) is 4.39. The second kappa shape index (κ2) is 5.00. The molecule has 1 N–H and O–H groups in total. The summed E-state index contributed by atoms with van der Waals surface area (Å²) in [7, 11) is 0. The number of fused-ring (bicyclic) bond motifs is 2. The number of hydrogen-bond donors (Lipinski definition) is 1. The van der Waals surface area contributed by atoms with Crippen LogP contribution in [-0.4, -0.2) is 16.5 Å². The van der Waals surface area contributed by atoms with Crippen LogP contribution in [0, 0.1) is 5.82 Å². The largest absolute Gasteiger partial charge is 0.360 e. The van der Waals surface area contributed by atoms with E-state index in [1.165, 1.54) is 22.6 Å². The number of rotatable bonds is 2. The Bertz CT molecular complexity index is 826. The van der Waals surface area contributed by atoms with E-state index >= 15 is 0 Å². The Morgan fingerprint density at radius 2 is 2.19 bits per heavy atom. The highest BCUT2D eigenvalue weighted by atomic mass is 32.2. The van der Waals surface area contributed by atoms with Gasteiger partial charge in [0.2, 0.25) is 5.78 Å². The molecular weight excluding hydrogens is 305 g/mol. The molecule has 0 atom stereocenters. The van der Waals surface area contributed by atoms with Crippen LogP contribution in [0.1, 0.15) is 25.7 Å². The molecule has 1 aliphatic heterocycles. The summed E-state index contributed by atoms with van der Waals surface area (Å²) in [5.41, 5.74) is 2.58. The van der Waals surface area contributed by atoms with Gasteiger partial charge in [-0.25, -0.2) is 4.39 Å². The van der Waals surface area contributed by atoms with E-state index in [9.17, 15) is 9.18 Å². The molecule has 1 aliphatic rings. The fourth-order valence-corrected chi connectivity index (χ4v) is 5.00. The lowest BCUT2D eigenvalue weighted by Gasteiger charge is -2.08. The van der Waals surface area contributed by atoms with Crippen LogP contribution in [0.15, 0.2) is 30.5 Å². The average Bonchev–Trinajstić information content (AvgIpc) is 3.09. The first-order valence-corrected chi connectivity index (χ1v) is 8.70. The third kappa shape index (κ3) is 2.21. The first-order chi connectivity index (χ1) is 10.2. The number of thiophene rings is 1. The van der Waals surface area contributed by atoms with E-state index in [1.807, 2.05) is 17.8 Å². The number of benzene rings is 1. The van der Waals surface area contributed by atoms with Gasteiger partial charge in [0.25, 0.3) is 0 Å². The average molecular weight is 317 g/mol. The molecule has 106 valence electrons. The van der Waals surface area contributed by atoms with Crippen LogP contribution >= 0.6 is 23.1 Å². The molecule has 4 rings (SSSR count). The Kier molecular flexibility index (Phi) is 3.12. The molecule has 0 spiro atoms. The van der Waals surface area contributed by atoms with Crippen LogP contribution in [0.5, 0.6) is 0 Å². The first-order valence-electron chi connectivity index (χ1n) is 6.73. The highest BCUT2D eigenvalue weighted by Crippen LogP contribution is 2.33. The summed E-state index contributed by atoms with van der Waals surface area (Å²) in [5.74, 6) is 1.86. The maximum atomic E-state index is 13.2. The number of aromatic amines is 1. The van der Waals surface area contributed by atoms with Crippen molar-refractivity contribution in [1.82, 2.24) is 4.98 Å². The van der Waals surface area contributed by atoms with Crippen LogP contribution in [0.2, 0.25) is 0 Å². The summed E-state index contributed by atoms with van der Waals surface area (Å²) < 4.78 is 13.2. The molecule has 2 aromatic heterocycles. The van der Waals surface area contributed by atoms with Crippen LogP contribution in [0.3, 0.4) is 0 Å². The summed E-state index contributed by atoms with van der Waals surface area (Å²) in [6.07, 6.45) is 2.73. The lowest BCUT2D eigenvalue weighted by Crippen LogP contribution is -1.97. The number of nitrogens with one attached hydrogen (secondary N) is 1. The molecular formula is C16H12FNOS2. The van der Waals surface area contributed by atoms with E-state index in [1.54, 1.807) is 23.6 Å². The zero-order chi connectivity index (χ0) is 14.4. The molecule has 0 radical (unpaired) electrons. The summed E-state index contributed by atoms with van der Waals surface area (Å²) in [6, 6.07) is 6.50. The minimum atomic E-state index is -0.299. The fraction of sp³-hybridized carbons (Fsp3) is 0.188. The van der Waals surface area contributed by atoms with Gasteiger partial charge in [-0.05, 0) is 42.0 Å². The van der Waals surface area contributed by atoms with Crippen molar-refractivity contribution in [2.45, 2.75) is 12.2 Å². The van der Waals surface area contributed by atoms with Crippen molar-refractivity contribution in [2.75, 3.05) is 5.75 Å². The molecule has 5 heteroatoms. The van der Waals surface area contributed by atoms with Crippen molar-refractivity contribution >= 4 is 39.8 Å². The number of aryl methyl sites for hydroxylation is 1. The van der Waals surface area contributed by atoms with Gasteiger partial charge in [0.05, 0.1) is 4.88 Å². The van der Waals surface area contributed by atoms with E-state index < -0.39 is 0 Å². The zero-order valence-electron chi connectivity index (χ0n) is 11.1. The van der Waals surface area contributed by atoms with Crippen LogP contribution < -0.4 is 0 Å². The van der Waals surface area contributed by atoms with Crippen LogP contribution in [-0.2, 0) is 12.2 Å². The Morgan fingerprint density at radius 3 is 3.05 bits per heavy atom. The van der Waals surface area contributed by atoms with Gasteiger partial charge in [-0.15, -0.1) is 11.3 Å². The number of hydrogen-bond acceptors (Lipinski definition) is 3. The Morgan fingerprint density at radius 1 is 1.29 bits per heavy atom. The number of H-pyrrole nitrogens is 1. The number of aromatic nitrogens is 1. The fourth-order valence-electron chi connectivity index (χ4n) is 2.68. The molecule has 3 aromatic rings. The molecule has 3 heterocycles. The molecule has 0 amide bonds. The van der Waals surface area contributed by atoms with Gasteiger partial charge < -0.3 is 4.98 Å². The predicted molar refractivity (Wildman–Crippen MR) is 85.9 cm³/mol. The summed E-state index contributed by atoms with van der Waals surface area (Å²) in [5, 5.41) is 0.780. The number of carbonyl (C=O) groups excluding carboxylic acids is 1. The van der Waals surface area contributed by atoms with E-state index in [2.05, 4.69) is 4.98 Å². The molecule has 21 heavy (non-hydrogen) atoms. The highest BCUT2D eigenvalue weighted by Gasteiger charge is 2.20. The monoisotopic (exact) mass is 317 g/mol. The maximum absolute atomic E-state index is 13.2. The Balaban J connectivity index is 1.77. The molecule has 0 bridgehead atoms. The van der Waals surface area contributed by atoms with Crippen molar-refractivity contribution in [1.29, 1.82) is 0 Å². The standard InChI is InChI=1S/C16H12FNOS2/c17-10-1-2-11-12(7-18-13(11)6-10)16(19)15-5-9-8-20-4-3-14(9)21-15/h1-2,5-7,18H,3-4,8H2. The number of thioether (sulfide) groups is 1. The topological polar surface area (TPSA) is 32.9 Å². The number of ketones is 1. The van der Waals surface area contributed by atoms with Crippen molar-refractivity contribution in [2.24, 2.45) is 0 Å². The zero-order valence-corrected chi connectivity index (χ0v) is 12.7. The van der Waals surface area contributed by atoms with Gasteiger partial charge in [-0.1, -0.05) is 0 Å². The second-order valence-corrected chi connectivity index (χ2v) is 7.32. The number of halogens is 1. The molecule has 0 saturated carbocycles. The summed E-state index contributed by atoms with van der Waals surface area (Å²) >= 11 is 3.51. The smallest absolute Gasteiger partial charge is 0.205 e. The van der Waals surface area contributed by atoms with Crippen molar-refractivity contribution in [3.8, 4) is 0 Å². The van der Waals surface area contributed by atoms with Crippen molar-refractivity contribution in [3.05, 3.63) is 57.2 Å². The molecule has 0 saturated heterocycles. The van der Waals surface area contributed by atoms with Crippen LogP contribution in [0.25, 0.3) is 10.9 Å². The van der Waals surface area contributed by atoms with Gasteiger partial charge in [-0.3, -0.25) is 4.79 Å². The maximum Gasteiger partial charge on any atom is 0.205 e. The lowest BCUT2D eigenvalue weighted by molar-refractivity contribution is 0.104. The second-order valence-electron chi connectivity index (χ2n) is 5.08. The lowest BCUT2D eigenvalue weighted by atomic mass is 10.1. The van der Waals surface area contributed by atoms with Gasteiger partial charge in [-0.2, -0.15) is 11.8 Å². The van der Waals surface area contributed by atoms with E-state index in [0.717, 1.165) is 28.2 Å². The van der Waals surface area contributed by atoms with Gasteiger partial charge in [0.1, 0.15) is 5.82 Å². The third-order valence-corrected chi connectivity index (χ3v) is 5.98. The van der Waals surface area contributed by atoms with Crippen molar-refractivity contribution < 1.29 is 9.18 Å². The third-order valence-electron chi connectivity index (χ3n) is 3.74. The molecule has 0 aliphatic carbocycles. The molecule has 0 unspecified atom stereocenters. The van der Waals surface area contributed by atoms with E-state index in [0.29, 0.717) is 11.1 Å². The Labute approximate surface area is 129 Å². The minimum absolute atomic E-state index is 0.0252. The van der Waals surface area contributed by atoms with Gasteiger partial charge >= 0.3 is 0 Å². The van der Waals surface area contributed by atoms with E-state index in [-0.39, 0.29) is 11.6 Å².